The van der Waals surface area contributed by atoms with Crippen molar-refractivity contribution >= 4 is 40.4 Å². The molecule has 0 atom stereocenters. The van der Waals surface area contributed by atoms with Gasteiger partial charge in [-0.05, 0) is 36.4 Å². The first-order chi connectivity index (χ1) is 11.6. The van der Waals surface area contributed by atoms with Crippen LogP contribution in [0.25, 0.3) is 11.3 Å². The van der Waals surface area contributed by atoms with Crippen LogP contribution in [0.4, 0.5) is 0 Å². The number of hydrogen-bond donors (Lipinski definition) is 1. The third-order valence-electron chi connectivity index (χ3n) is 3.42. The van der Waals surface area contributed by atoms with E-state index in [2.05, 4.69) is 10.3 Å². The molecule has 2 aromatic carbocycles. The Balaban J connectivity index is 1.55. The molecular weight excluding hydrogens is 363 g/mol. The van der Waals surface area contributed by atoms with Crippen molar-refractivity contribution in [2.75, 3.05) is 6.54 Å². The summed E-state index contributed by atoms with van der Waals surface area (Å²) in [6, 6.07) is 14.4. The third-order valence-corrected chi connectivity index (χ3v) is 4.84. The standard InChI is InChI=1S/C18H14Cl2N2OS/c19-14-5-1-12(2-6-14)16-11-24-17(22-16)9-10-21-18(23)13-3-7-15(20)8-4-13/h1-8,11H,9-10H2,(H,21,23). The summed E-state index contributed by atoms with van der Waals surface area (Å²) < 4.78 is 0. The molecule has 1 heterocycles. The Kier molecular flexibility index (Phi) is 5.51. The Bertz CT molecular complexity index is 829. The van der Waals surface area contributed by atoms with Crippen molar-refractivity contribution in [2.45, 2.75) is 6.42 Å². The van der Waals surface area contributed by atoms with Crippen molar-refractivity contribution in [3.63, 3.8) is 0 Å². The molecular formula is C18H14Cl2N2OS. The first kappa shape index (κ1) is 17.0. The lowest BCUT2D eigenvalue weighted by Crippen LogP contribution is -2.25. The van der Waals surface area contributed by atoms with Crippen molar-refractivity contribution < 1.29 is 4.79 Å². The molecule has 0 bridgehead atoms. The minimum atomic E-state index is -0.110. The zero-order valence-electron chi connectivity index (χ0n) is 12.6. The number of amides is 1. The van der Waals surface area contributed by atoms with Crippen LogP contribution in [-0.2, 0) is 6.42 Å². The molecule has 1 N–H and O–H groups in total. The van der Waals surface area contributed by atoms with Gasteiger partial charge in [-0.3, -0.25) is 4.79 Å². The van der Waals surface area contributed by atoms with Crippen LogP contribution in [0.3, 0.4) is 0 Å². The lowest BCUT2D eigenvalue weighted by molar-refractivity contribution is 0.0954. The lowest BCUT2D eigenvalue weighted by Gasteiger charge is -2.04. The number of rotatable bonds is 5. The van der Waals surface area contributed by atoms with Gasteiger partial charge < -0.3 is 5.32 Å². The SMILES string of the molecule is O=C(NCCc1nc(-c2ccc(Cl)cc2)cs1)c1ccc(Cl)cc1. The third kappa shape index (κ3) is 4.35. The monoisotopic (exact) mass is 376 g/mol. The molecule has 0 aliphatic heterocycles. The molecule has 0 spiro atoms. The fourth-order valence-electron chi connectivity index (χ4n) is 2.17. The largest absolute Gasteiger partial charge is 0.352 e. The summed E-state index contributed by atoms with van der Waals surface area (Å²) in [6.07, 6.45) is 0.692. The van der Waals surface area contributed by atoms with Crippen LogP contribution in [0.2, 0.25) is 10.0 Å². The van der Waals surface area contributed by atoms with Crippen LogP contribution in [0, 0.1) is 0 Å². The summed E-state index contributed by atoms with van der Waals surface area (Å²) in [6.45, 7) is 0.537. The highest BCUT2D eigenvalue weighted by Gasteiger charge is 2.07. The van der Waals surface area contributed by atoms with Crippen LogP contribution in [0.1, 0.15) is 15.4 Å². The molecule has 0 fully saturated rings. The smallest absolute Gasteiger partial charge is 0.251 e. The average Bonchev–Trinajstić information content (AvgIpc) is 3.05. The highest BCUT2D eigenvalue weighted by molar-refractivity contribution is 7.09. The molecule has 0 saturated heterocycles. The number of thiazole rings is 1. The second-order valence-electron chi connectivity index (χ2n) is 5.15. The van der Waals surface area contributed by atoms with E-state index in [4.69, 9.17) is 23.2 Å². The minimum absolute atomic E-state index is 0.110. The molecule has 3 rings (SSSR count). The number of carbonyl (C=O) groups is 1. The number of halogens is 2. The number of hydrogen-bond acceptors (Lipinski definition) is 3. The van der Waals surface area contributed by atoms with Crippen molar-refractivity contribution in [2.24, 2.45) is 0 Å². The van der Waals surface area contributed by atoms with Gasteiger partial charge in [-0.25, -0.2) is 4.98 Å². The maximum absolute atomic E-state index is 12.0. The van der Waals surface area contributed by atoms with Crippen molar-refractivity contribution in [3.05, 3.63) is 74.5 Å². The maximum atomic E-state index is 12.0. The number of nitrogens with zero attached hydrogens (tertiary/aromatic N) is 1. The summed E-state index contributed by atoms with van der Waals surface area (Å²) in [5, 5.41) is 7.21. The Hall–Kier alpha value is -1.88. The molecule has 3 nitrogen and oxygen atoms in total. The van der Waals surface area contributed by atoms with Crippen LogP contribution in [0.5, 0.6) is 0 Å². The second-order valence-corrected chi connectivity index (χ2v) is 6.96. The molecule has 0 unspecified atom stereocenters. The van der Waals surface area contributed by atoms with Crippen LogP contribution < -0.4 is 5.32 Å². The minimum Gasteiger partial charge on any atom is -0.352 e. The highest BCUT2D eigenvalue weighted by atomic mass is 35.5. The molecule has 1 amide bonds. The van der Waals surface area contributed by atoms with Gasteiger partial charge in [0.25, 0.3) is 5.91 Å². The Morgan fingerprint density at radius 1 is 1.00 bits per heavy atom. The van der Waals surface area contributed by atoms with Gasteiger partial charge in [0.1, 0.15) is 0 Å². The van der Waals surface area contributed by atoms with Gasteiger partial charge in [0, 0.05) is 39.5 Å². The summed E-state index contributed by atoms with van der Waals surface area (Å²) in [4.78, 5) is 16.6. The zero-order chi connectivity index (χ0) is 16.9. The van der Waals surface area contributed by atoms with Crippen LogP contribution in [0.15, 0.2) is 53.9 Å². The summed E-state index contributed by atoms with van der Waals surface area (Å²) in [5.41, 5.74) is 2.56. The van der Waals surface area contributed by atoms with Gasteiger partial charge in [0.2, 0.25) is 0 Å². The van der Waals surface area contributed by atoms with Crippen molar-refractivity contribution in [1.29, 1.82) is 0 Å². The maximum Gasteiger partial charge on any atom is 0.251 e. The first-order valence-electron chi connectivity index (χ1n) is 7.36. The van der Waals surface area contributed by atoms with Gasteiger partial charge in [-0.15, -0.1) is 11.3 Å². The Morgan fingerprint density at radius 3 is 2.29 bits per heavy atom. The fourth-order valence-corrected chi connectivity index (χ4v) is 3.22. The zero-order valence-corrected chi connectivity index (χ0v) is 15.0. The van der Waals surface area contributed by atoms with Gasteiger partial charge in [0.05, 0.1) is 10.7 Å². The quantitative estimate of drug-likeness (QED) is 0.673. The number of aromatic nitrogens is 1. The van der Waals surface area contributed by atoms with E-state index in [9.17, 15) is 4.79 Å². The van der Waals surface area contributed by atoms with Crippen LogP contribution >= 0.6 is 34.5 Å². The predicted octanol–water partition coefficient (Wildman–Crippen LogP) is 5.09. The van der Waals surface area contributed by atoms with E-state index in [1.54, 1.807) is 35.6 Å². The van der Waals surface area contributed by atoms with Gasteiger partial charge in [-0.1, -0.05) is 35.3 Å². The molecule has 0 aliphatic rings. The normalized spacial score (nSPS) is 10.6. The van der Waals surface area contributed by atoms with E-state index in [-0.39, 0.29) is 5.91 Å². The lowest BCUT2D eigenvalue weighted by atomic mass is 10.2. The van der Waals surface area contributed by atoms with Gasteiger partial charge in [-0.2, -0.15) is 0 Å². The fraction of sp³-hybridized carbons (Fsp3) is 0.111. The second kappa shape index (κ2) is 7.79. The summed E-state index contributed by atoms with van der Waals surface area (Å²) in [7, 11) is 0. The summed E-state index contributed by atoms with van der Waals surface area (Å²) >= 11 is 13.3. The molecule has 122 valence electrons. The number of benzene rings is 2. The number of nitrogens with one attached hydrogen (secondary N) is 1. The van der Waals surface area contributed by atoms with E-state index in [0.29, 0.717) is 28.6 Å². The van der Waals surface area contributed by atoms with E-state index in [0.717, 1.165) is 16.3 Å². The average molecular weight is 377 g/mol. The van der Waals surface area contributed by atoms with E-state index < -0.39 is 0 Å². The molecule has 0 radical (unpaired) electrons. The Labute approximate surface area is 154 Å². The van der Waals surface area contributed by atoms with Crippen LogP contribution in [-0.4, -0.2) is 17.4 Å². The highest BCUT2D eigenvalue weighted by Crippen LogP contribution is 2.23. The van der Waals surface area contributed by atoms with E-state index in [1.807, 2.05) is 29.6 Å². The number of carbonyl (C=O) groups excluding carboxylic acids is 1. The van der Waals surface area contributed by atoms with Crippen molar-refractivity contribution in [3.8, 4) is 11.3 Å². The van der Waals surface area contributed by atoms with Gasteiger partial charge in [0.15, 0.2) is 0 Å². The molecule has 24 heavy (non-hydrogen) atoms. The Morgan fingerprint density at radius 2 is 1.62 bits per heavy atom. The molecule has 6 heteroatoms. The van der Waals surface area contributed by atoms with Crippen molar-refractivity contribution in [1.82, 2.24) is 10.3 Å². The topological polar surface area (TPSA) is 42.0 Å². The summed E-state index contributed by atoms with van der Waals surface area (Å²) in [5.74, 6) is -0.110. The first-order valence-corrected chi connectivity index (χ1v) is 8.99. The molecule has 1 aromatic heterocycles. The molecule has 0 aliphatic carbocycles. The van der Waals surface area contributed by atoms with E-state index in [1.165, 1.54) is 0 Å². The molecule has 0 saturated carbocycles. The van der Waals surface area contributed by atoms with E-state index >= 15 is 0 Å². The van der Waals surface area contributed by atoms with Gasteiger partial charge >= 0.3 is 0 Å². The predicted molar refractivity (Wildman–Crippen MR) is 100 cm³/mol. The molecule has 3 aromatic rings.